The molecule has 0 aliphatic carbocycles. The zero-order chi connectivity index (χ0) is 20.7. The van der Waals surface area contributed by atoms with Gasteiger partial charge in [0.25, 0.3) is 0 Å². The van der Waals surface area contributed by atoms with Gasteiger partial charge in [-0.25, -0.2) is 8.42 Å². The van der Waals surface area contributed by atoms with Gasteiger partial charge >= 0.3 is 11.8 Å². The quantitative estimate of drug-likeness (QED) is 0.502. The van der Waals surface area contributed by atoms with E-state index in [1.54, 1.807) is 12.1 Å². The van der Waals surface area contributed by atoms with Crippen molar-refractivity contribution in [2.24, 2.45) is 0 Å². The van der Waals surface area contributed by atoms with E-state index >= 15 is 0 Å². The van der Waals surface area contributed by atoms with Gasteiger partial charge in [-0.2, -0.15) is 0 Å². The largest absolute Gasteiger partial charge is 0.495 e. The van der Waals surface area contributed by atoms with Crippen LogP contribution in [0.4, 0.5) is 11.4 Å². The van der Waals surface area contributed by atoms with Crippen molar-refractivity contribution in [1.29, 1.82) is 0 Å². The predicted octanol–water partition coefficient (Wildman–Crippen LogP) is 0.632. The molecule has 1 heterocycles. The molecule has 1 aliphatic rings. The van der Waals surface area contributed by atoms with Crippen LogP contribution in [0.2, 0.25) is 0 Å². The summed E-state index contributed by atoms with van der Waals surface area (Å²) in [4.78, 5) is 26.0. The van der Waals surface area contributed by atoms with Crippen molar-refractivity contribution in [3.63, 3.8) is 0 Å². The summed E-state index contributed by atoms with van der Waals surface area (Å²) in [6.07, 6.45) is 2.09. The summed E-state index contributed by atoms with van der Waals surface area (Å²) >= 11 is 0. The molecule has 1 aromatic carbocycles. The lowest BCUT2D eigenvalue weighted by Gasteiger charge is -2.29. The first-order valence-electron chi connectivity index (χ1n) is 9.17. The number of anilines is 2. The molecule has 2 amide bonds. The Bertz CT molecular complexity index is 810. The van der Waals surface area contributed by atoms with Gasteiger partial charge in [0.05, 0.1) is 18.6 Å². The molecule has 156 valence electrons. The maximum absolute atomic E-state index is 12.4. The van der Waals surface area contributed by atoms with Crippen LogP contribution in [0.5, 0.6) is 5.75 Å². The van der Waals surface area contributed by atoms with Gasteiger partial charge in [0.2, 0.25) is 10.0 Å². The smallest absolute Gasteiger partial charge is 0.313 e. The zero-order valence-corrected chi connectivity index (χ0v) is 17.3. The Balaban J connectivity index is 2.08. The fourth-order valence-electron chi connectivity index (χ4n) is 2.89. The molecule has 1 aromatic rings. The summed E-state index contributed by atoms with van der Waals surface area (Å²) in [6.45, 7) is 1.54. The Morgan fingerprint density at radius 1 is 1.21 bits per heavy atom. The molecule has 2 N–H and O–H groups in total. The van der Waals surface area contributed by atoms with Crippen molar-refractivity contribution in [1.82, 2.24) is 10.2 Å². The fraction of sp³-hybridized carbons (Fsp3) is 0.556. The molecule has 9 nitrogen and oxygen atoms in total. The number of sulfonamides is 1. The maximum Gasteiger partial charge on any atom is 0.313 e. The van der Waals surface area contributed by atoms with E-state index in [2.05, 4.69) is 10.6 Å². The second-order valence-electron chi connectivity index (χ2n) is 6.85. The monoisotopic (exact) mass is 412 g/mol. The fourth-order valence-corrected chi connectivity index (χ4v) is 4.53. The number of hydrogen-bond donors (Lipinski definition) is 2. The van der Waals surface area contributed by atoms with E-state index in [0.717, 1.165) is 19.4 Å². The topological polar surface area (TPSA) is 108 Å². The Hall–Kier alpha value is -2.33. The third kappa shape index (κ3) is 5.83. The number of carbonyl (C=O) groups excluding carboxylic acids is 2. The Kier molecular flexibility index (Phi) is 7.64. The summed E-state index contributed by atoms with van der Waals surface area (Å²) in [6, 6.07) is 4.65. The van der Waals surface area contributed by atoms with Crippen LogP contribution in [-0.4, -0.2) is 71.7 Å². The molecule has 0 saturated carbocycles. The second-order valence-corrected chi connectivity index (χ2v) is 8.86. The third-order valence-electron chi connectivity index (χ3n) is 4.33. The highest BCUT2D eigenvalue weighted by Gasteiger charge is 2.28. The first kappa shape index (κ1) is 22.0. The number of ether oxygens (including phenoxy) is 1. The lowest BCUT2D eigenvalue weighted by atomic mass is 10.2. The minimum Gasteiger partial charge on any atom is -0.495 e. The standard InChI is InChI=1S/C18H28N4O5S/c1-21(2)10-6-9-19-17(23)18(24)20-14-7-8-16(27-3)15(13-14)22-11-4-5-12-28(22,25)26/h7-8,13H,4-6,9-12H2,1-3H3,(H,19,23)(H,20,24). The molecule has 2 rings (SSSR count). The van der Waals surface area contributed by atoms with Crippen molar-refractivity contribution in [2.75, 3.05) is 56.2 Å². The summed E-state index contributed by atoms with van der Waals surface area (Å²) in [7, 11) is 1.88. The first-order valence-corrected chi connectivity index (χ1v) is 10.8. The lowest BCUT2D eigenvalue weighted by Crippen LogP contribution is -2.38. The van der Waals surface area contributed by atoms with Gasteiger partial charge in [-0.1, -0.05) is 0 Å². The number of nitrogens with zero attached hydrogens (tertiary/aromatic N) is 2. The first-order chi connectivity index (χ1) is 13.2. The number of amides is 2. The van der Waals surface area contributed by atoms with Crippen molar-refractivity contribution in [3.05, 3.63) is 18.2 Å². The molecule has 10 heteroatoms. The van der Waals surface area contributed by atoms with Crippen LogP contribution in [0.3, 0.4) is 0 Å². The van der Waals surface area contributed by atoms with Crippen molar-refractivity contribution in [2.45, 2.75) is 19.3 Å². The summed E-state index contributed by atoms with van der Waals surface area (Å²) < 4.78 is 31.4. The average molecular weight is 413 g/mol. The number of hydrogen-bond acceptors (Lipinski definition) is 6. The van der Waals surface area contributed by atoms with Crippen LogP contribution in [0, 0.1) is 0 Å². The zero-order valence-electron chi connectivity index (χ0n) is 16.5. The molecule has 0 aromatic heterocycles. The molecule has 0 spiro atoms. The lowest BCUT2D eigenvalue weighted by molar-refractivity contribution is -0.136. The summed E-state index contributed by atoms with van der Waals surface area (Å²) in [5.74, 6) is -1.08. The molecule has 1 aliphatic heterocycles. The van der Waals surface area contributed by atoms with E-state index in [1.807, 2.05) is 19.0 Å². The van der Waals surface area contributed by atoms with Crippen molar-refractivity contribution < 1.29 is 22.7 Å². The molecule has 28 heavy (non-hydrogen) atoms. The van der Waals surface area contributed by atoms with Crippen LogP contribution in [-0.2, 0) is 19.6 Å². The van der Waals surface area contributed by atoms with Crippen LogP contribution in [0.1, 0.15) is 19.3 Å². The highest BCUT2D eigenvalue weighted by molar-refractivity contribution is 7.92. The van der Waals surface area contributed by atoms with Gasteiger partial charge in [-0.15, -0.1) is 0 Å². The number of carbonyl (C=O) groups is 2. The van der Waals surface area contributed by atoms with Gasteiger partial charge in [0, 0.05) is 18.8 Å². The molecular weight excluding hydrogens is 384 g/mol. The minimum atomic E-state index is -3.44. The molecule has 0 bridgehead atoms. The van der Waals surface area contributed by atoms with E-state index in [1.165, 1.54) is 17.5 Å². The van der Waals surface area contributed by atoms with Gasteiger partial charge in [0.15, 0.2) is 0 Å². The Morgan fingerprint density at radius 3 is 2.61 bits per heavy atom. The van der Waals surface area contributed by atoms with Gasteiger partial charge in [0.1, 0.15) is 5.75 Å². The summed E-state index contributed by atoms with van der Waals surface area (Å²) in [5, 5.41) is 5.07. The number of rotatable bonds is 7. The van der Waals surface area contributed by atoms with E-state index < -0.39 is 21.8 Å². The predicted molar refractivity (Wildman–Crippen MR) is 108 cm³/mol. The minimum absolute atomic E-state index is 0.0715. The van der Waals surface area contributed by atoms with E-state index in [4.69, 9.17) is 4.74 Å². The number of methoxy groups -OCH3 is 1. The van der Waals surface area contributed by atoms with Crippen molar-refractivity contribution in [3.8, 4) is 5.75 Å². The summed E-state index contributed by atoms with van der Waals surface area (Å²) in [5.41, 5.74) is 0.677. The van der Waals surface area contributed by atoms with Crippen LogP contribution >= 0.6 is 0 Å². The van der Waals surface area contributed by atoms with Crippen LogP contribution in [0.25, 0.3) is 0 Å². The number of nitrogens with one attached hydrogen (secondary N) is 2. The number of benzene rings is 1. The van der Waals surface area contributed by atoms with Crippen LogP contribution < -0.4 is 19.7 Å². The van der Waals surface area contributed by atoms with Crippen molar-refractivity contribution >= 4 is 33.2 Å². The Labute approximate surface area is 166 Å². The average Bonchev–Trinajstić information content (AvgIpc) is 2.64. The molecule has 1 saturated heterocycles. The van der Waals surface area contributed by atoms with Gasteiger partial charge in [-0.3, -0.25) is 13.9 Å². The van der Waals surface area contributed by atoms with Crippen LogP contribution in [0.15, 0.2) is 18.2 Å². The van der Waals surface area contributed by atoms with Gasteiger partial charge < -0.3 is 20.3 Å². The highest BCUT2D eigenvalue weighted by atomic mass is 32.2. The SMILES string of the molecule is COc1ccc(NC(=O)C(=O)NCCCN(C)C)cc1N1CCCCS1(=O)=O. The third-order valence-corrected chi connectivity index (χ3v) is 6.18. The second kappa shape index (κ2) is 9.74. The maximum atomic E-state index is 12.4. The Morgan fingerprint density at radius 2 is 1.96 bits per heavy atom. The molecular formula is C18H28N4O5S. The van der Waals surface area contributed by atoms with E-state index in [0.29, 0.717) is 36.6 Å². The van der Waals surface area contributed by atoms with E-state index in [9.17, 15) is 18.0 Å². The molecule has 0 radical (unpaired) electrons. The molecule has 0 atom stereocenters. The highest BCUT2D eigenvalue weighted by Crippen LogP contribution is 2.35. The van der Waals surface area contributed by atoms with E-state index in [-0.39, 0.29) is 5.75 Å². The normalized spacial score (nSPS) is 15.9. The molecule has 0 unspecified atom stereocenters. The van der Waals surface area contributed by atoms with Gasteiger partial charge in [-0.05, 0) is 58.1 Å². The molecule has 1 fully saturated rings.